The van der Waals surface area contributed by atoms with Crippen LogP contribution in [0.25, 0.3) is 0 Å². The smallest absolute Gasteiger partial charge is 0.0701 e. The summed E-state index contributed by atoms with van der Waals surface area (Å²) in [6.45, 7) is 0.636. The normalized spacial score (nSPS) is 33.0. The van der Waals surface area contributed by atoms with Gasteiger partial charge in [-0.15, -0.1) is 11.3 Å². The fraction of sp³-hybridized carbons (Fsp3) is 0.556. The average Bonchev–Trinajstić information content (AvgIpc) is 2.46. The van der Waals surface area contributed by atoms with Crippen LogP contribution in [0, 0.1) is 0 Å². The number of hydrogen-bond acceptors (Lipinski definition) is 3. The summed E-state index contributed by atoms with van der Waals surface area (Å²) in [4.78, 5) is 1.30. The van der Waals surface area contributed by atoms with E-state index in [1.807, 2.05) is 6.07 Å². The SMILES string of the molecule is NCC1(c2ccc(Br)s2)CC(O)C1. The molecule has 1 aliphatic carbocycles. The Morgan fingerprint density at radius 1 is 1.62 bits per heavy atom. The molecule has 4 heteroatoms. The van der Waals surface area contributed by atoms with E-state index in [4.69, 9.17) is 5.73 Å². The number of thiophene rings is 1. The minimum Gasteiger partial charge on any atom is -0.393 e. The predicted octanol–water partition coefficient (Wildman–Crippen LogP) is 1.86. The fourth-order valence-electron chi connectivity index (χ4n) is 1.91. The molecule has 0 spiro atoms. The monoisotopic (exact) mass is 261 g/mol. The van der Waals surface area contributed by atoms with Gasteiger partial charge in [0, 0.05) is 16.8 Å². The lowest BCUT2D eigenvalue weighted by molar-refractivity contribution is 0.0239. The molecule has 13 heavy (non-hydrogen) atoms. The van der Waals surface area contributed by atoms with Gasteiger partial charge < -0.3 is 10.8 Å². The van der Waals surface area contributed by atoms with Crippen LogP contribution in [0.5, 0.6) is 0 Å². The van der Waals surface area contributed by atoms with E-state index in [0.717, 1.165) is 16.6 Å². The van der Waals surface area contributed by atoms with Gasteiger partial charge >= 0.3 is 0 Å². The van der Waals surface area contributed by atoms with Crippen molar-refractivity contribution in [3.05, 3.63) is 20.8 Å². The van der Waals surface area contributed by atoms with Crippen LogP contribution in [0.2, 0.25) is 0 Å². The van der Waals surface area contributed by atoms with E-state index in [-0.39, 0.29) is 11.5 Å². The van der Waals surface area contributed by atoms with Crippen LogP contribution >= 0.6 is 27.3 Å². The van der Waals surface area contributed by atoms with Crippen molar-refractivity contribution in [1.29, 1.82) is 0 Å². The number of aliphatic hydroxyl groups is 1. The summed E-state index contributed by atoms with van der Waals surface area (Å²) in [5, 5.41) is 9.32. The van der Waals surface area contributed by atoms with Crippen LogP contribution in [-0.4, -0.2) is 17.8 Å². The molecule has 0 unspecified atom stereocenters. The topological polar surface area (TPSA) is 46.2 Å². The molecule has 1 fully saturated rings. The second-order valence-electron chi connectivity index (χ2n) is 3.65. The van der Waals surface area contributed by atoms with Crippen molar-refractivity contribution in [2.24, 2.45) is 5.73 Å². The third kappa shape index (κ3) is 1.56. The summed E-state index contributed by atoms with van der Waals surface area (Å²) >= 11 is 5.16. The summed E-state index contributed by atoms with van der Waals surface area (Å²) in [6.07, 6.45) is 1.48. The summed E-state index contributed by atoms with van der Waals surface area (Å²) in [7, 11) is 0. The quantitative estimate of drug-likeness (QED) is 0.854. The van der Waals surface area contributed by atoms with Crippen molar-refractivity contribution >= 4 is 27.3 Å². The molecule has 3 N–H and O–H groups in total. The molecule has 0 aromatic carbocycles. The highest BCUT2D eigenvalue weighted by atomic mass is 79.9. The second kappa shape index (κ2) is 3.35. The van der Waals surface area contributed by atoms with Crippen LogP contribution in [0.4, 0.5) is 0 Å². The van der Waals surface area contributed by atoms with Gasteiger partial charge in [0.05, 0.1) is 9.89 Å². The lowest BCUT2D eigenvalue weighted by atomic mass is 9.66. The van der Waals surface area contributed by atoms with Gasteiger partial charge in [-0.1, -0.05) is 0 Å². The van der Waals surface area contributed by atoms with Gasteiger partial charge in [0.1, 0.15) is 0 Å². The van der Waals surface area contributed by atoms with Gasteiger partial charge in [0.15, 0.2) is 0 Å². The van der Waals surface area contributed by atoms with Crippen molar-refractivity contribution in [1.82, 2.24) is 0 Å². The van der Waals surface area contributed by atoms with Gasteiger partial charge in [0.2, 0.25) is 0 Å². The van der Waals surface area contributed by atoms with Crippen LogP contribution in [0.1, 0.15) is 17.7 Å². The highest BCUT2D eigenvalue weighted by Gasteiger charge is 2.44. The van der Waals surface area contributed by atoms with E-state index >= 15 is 0 Å². The van der Waals surface area contributed by atoms with Crippen LogP contribution < -0.4 is 5.73 Å². The maximum atomic E-state index is 9.32. The highest BCUT2D eigenvalue weighted by Crippen LogP contribution is 2.46. The highest BCUT2D eigenvalue weighted by molar-refractivity contribution is 9.11. The number of nitrogens with two attached hydrogens (primary N) is 1. The van der Waals surface area contributed by atoms with E-state index < -0.39 is 0 Å². The van der Waals surface area contributed by atoms with E-state index in [1.54, 1.807) is 11.3 Å². The largest absolute Gasteiger partial charge is 0.393 e. The predicted molar refractivity (Wildman–Crippen MR) is 58.0 cm³/mol. The first-order chi connectivity index (χ1) is 6.16. The molecule has 2 rings (SSSR count). The summed E-state index contributed by atoms with van der Waals surface area (Å²) in [5.41, 5.74) is 5.82. The van der Waals surface area contributed by atoms with Gasteiger partial charge in [-0.2, -0.15) is 0 Å². The number of hydrogen-bond donors (Lipinski definition) is 2. The van der Waals surface area contributed by atoms with Crippen LogP contribution in [0.3, 0.4) is 0 Å². The molecule has 0 bridgehead atoms. The minimum atomic E-state index is -0.149. The van der Waals surface area contributed by atoms with E-state index in [1.165, 1.54) is 4.88 Å². The fourth-order valence-corrected chi connectivity index (χ4v) is 3.51. The molecule has 1 aromatic rings. The first kappa shape index (κ1) is 9.65. The molecule has 0 atom stereocenters. The molecule has 2 nitrogen and oxygen atoms in total. The Hall–Kier alpha value is 0.1000. The van der Waals surface area contributed by atoms with Crippen molar-refractivity contribution in [3.63, 3.8) is 0 Å². The van der Waals surface area contributed by atoms with E-state index in [0.29, 0.717) is 6.54 Å². The third-order valence-electron chi connectivity index (χ3n) is 2.74. The first-order valence-corrected chi connectivity index (χ1v) is 5.91. The number of rotatable bonds is 2. The molecule has 1 saturated carbocycles. The Morgan fingerprint density at radius 3 is 2.69 bits per heavy atom. The lowest BCUT2D eigenvalue weighted by Gasteiger charge is -2.44. The average molecular weight is 262 g/mol. The molecule has 0 amide bonds. The molecule has 1 aromatic heterocycles. The zero-order valence-electron chi connectivity index (χ0n) is 7.16. The van der Waals surface area contributed by atoms with Gasteiger partial charge in [0.25, 0.3) is 0 Å². The van der Waals surface area contributed by atoms with Gasteiger partial charge in [-0.25, -0.2) is 0 Å². The van der Waals surface area contributed by atoms with Crippen LogP contribution in [-0.2, 0) is 5.41 Å². The Labute approximate surface area is 89.9 Å². The van der Waals surface area contributed by atoms with Gasteiger partial charge in [-0.05, 0) is 40.9 Å². The van der Waals surface area contributed by atoms with Crippen LogP contribution in [0.15, 0.2) is 15.9 Å². The van der Waals surface area contributed by atoms with E-state index in [9.17, 15) is 5.11 Å². The molecule has 0 aliphatic heterocycles. The second-order valence-corrected chi connectivity index (χ2v) is 6.11. The van der Waals surface area contributed by atoms with Crippen molar-refractivity contribution in [2.45, 2.75) is 24.4 Å². The third-order valence-corrected chi connectivity index (χ3v) is 4.61. The summed E-state index contributed by atoms with van der Waals surface area (Å²) in [5.74, 6) is 0. The summed E-state index contributed by atoms with van der Waals surface area (Å²) < 4.78 is 1.14. The number of aliphatic hydroxyl groups excluding tert-OH is 1. The lowest BCUT2D eigenvalue weighted by Crippen LogP contribution is -2.49. The minimum absolute atomic E-state index is 0.0656. The van der Waals surface area contributed by atoms with Crippen molar-refractivity contribution in [3.8, 4) is 0 Å². The first-order valence-electron chi connectivity index (χ1n) is 4.30. The molecular weight excluding hydrogens is 250 g/mol. The Balaban J connectivity index is 2.23. The van der Waals surface area contributed by atoms with E-state index in [2.05, 4.69) is 22.0 Å². The maximum absolute atomic E-state index is 9.32. The van der Waals surface area contributed by atoms with Crippen molar-refractivity contribution < 1.29 is 5.11 Å². The zero-order valence-corrected chi connectivity index (χ0v) is 9.57. The Bertz CT molecular complexity index is 306. The molecule has 1 aliphatic rings. The number of halogens is 1. The molecule has 0 radical (unpaired) electrons. The molecule has 0 saturated heterocycles. The molecular formula is C9H12BrNOS. The standard InChI is InChI=1S/C9H12BrNOS/c10-8-2-1-7(13-8)9(5-11)3-6(12)4-9/h1-2,6,12H,3-5,11H2. The Kier molecular flexibility index (Phi) is 2.49. The Morgan fingerprint density at radius 2 is 2.31 bits per heavy atom. The maximum Gasteiger partial charge on any atom is 0.0701 e. The van der Waals surface area contributed by atoms with Crippen molar-refractivity contribution in [2.75, 3.05) is 6.54 Å². The summed E-state index contributed by atoms with van der Waals surface area (Å²) in [6, 6.07) is 4.15. The molecule has 1 heterocycles. The zero-order chi connectivity index (χ0) is 9.47. The van der Waals surface area contributed by atoms with Gasteiger partial charge in [-0.3, -0.25) is 0 Å². The molecule has 72 valence electrons.